The van der Waals surface area contributed by atoms with Gasteiger partial charge >= 0.3 is 0 Å². The van der Waals surface area contributed by atoms with Crippen molar-refractivity contribution in [2.75, 3.05) is 13.7 Å². The molecule has 2 aliphatic carbocycles. The Labute approximate surface area is 154 Å². The van der Waals surface area contributed by atoms with E-state index in [0.29, 0.717) is 23.3 Å². The monoisotopic (exact) mass is 409 g/mol. The summed E-state index contributed by atoms with van der Waals surface area (Å²) in [5.41, 5.74) is 1.39. The van der Waals surface area contributed by atoms with Gasteiger partial charge in [-0.1, -0.05) is 39.7 Å². The van der Waals surface area contributed by atoms with Crippen molar-refractivity contribution >= 4 is 33.2 Å². The van der Waals surface area contributed by atoms with Gasteiger partial charge < -0.3 is 9.64 Å². The van der Waals surface area contributed by atoms with Gasteiger partial charge in [-0.3, -0.25) is 0 Å². The van der Waals surface area contributed by atoms with Crippen LogP contribution in [0.15, 0.2) is 51.8 Å². The maximum atomic E-state index is 15.2. The largest absolute Gasteiger partial charge is 0.493 e. The van der Waals surface area contributed by atoms with Crippen molar-refractivity contribution in [2.45, 2.75) is 18.9 Å². The zero-order valence-corrected chi connectivity index (χ0v) is 15.6. The molecule has 0 aromatic heterocycles. The Kier molecular flexibility index (Phi) is 4.21. The van der Waals surface area contributed by atoms with Crippen molar-refractivity contribution in [3.05, 3.63) is 57.3 Å². The smallest absolute Gasteiger partial charge is 0.133 e. The van der Waals surface area contributed by atoms with Gasteiger partial charge in [0.25, 0.3) is 0 Å². The molecule has 0 bridgehead atoms. The lowest BCUT2D eigenvalue weighted by Crippen LogP contribution is -2.29. The zero-order chi connectivity index (χ0) is 16.8. The van der Waals surface area contributed by atoms with Crippen LogP contribution in [0, 0.1) is 11.8 Å². The summed E-state index contributed by atoms with van der Waals surface area (Å²) in [5, 5.41) is 0.585. The summed E-state index contributed by atoms with van der Waals surface area (Å²) >= 11 is 9.55. The van der Waals surface area contributed by atoms with Crippen LogP contribution in [0.4, 0.5) is 4.39 Å². The molecule has 4 rings (SSSR count). The van der Waals surface area contributed by atoms with E-state index in [-0.39, 0.29) is 17.8 Å². The average Bonchev–Trinajstić information content (AvgIpc) is 3.35. The SMILES string of the molecule is CN1C(c2ccc(Br)cc2OCC2CC2)=C(F)C2C=C(Cl)C=CC21. The molecule has 24 heavy (non-hydrogen) atoms. The van der Waals surface area contributed by atoms with Crippen LogP contribution < -0.4 is 4.74 Å². The first kappa shape index (κ1) is 16.2. The Hall–Kier alpha value is -1.26. The summed E-state index contributed by atoms with van der Waals surface area (Å²) in [7, 11) is 1.92. The van der Waals surface area contributed by atoms with Crippen LogP contribution in [0.2, 0.25) is 0 Å². The molecule has 5 heteroatoms. The molecule has 1 aromatic carbocycles. The second kappa shape index (κ2) is 6.23. The van der Waals surface area contributed by atoms with E-state index < -0.39 is 0 Å². The van der Waals surface area contributed by atoms with Crippen molar-refractivity contribution in [2.24, 2.45) is 11.8 Å². The molecule has 1 saturated carbocycles. The quantitative estimate of drug-likeness (QED) is 0.650. The van der Waals surface area contributed by atoms with Crippen LogP contribution in [0.5, 0.6) is 5.75 Å². The highest BCUT2D eigenvalue weighted by Crippen LogP contribution is 2.46. The fraction of sp³-hybridized carbons (Fsp3) is 0.368. The second-order valence-electron chi connectivity index (χ2n) is 6.63. The topological polar surface area (TPSA) is 12.5 Å². The third-order valence-corrected chi connectivity index (χ3v) is 5.59. The first-order chi connectivity index (χ1) is 11.5. The summed E-state index contributed by atoms with van der Waals surface area (Å²) in [5.74, 6) is 0.890. The molecular weight excluding hydrogens is 393 g/mol. The van der Waals surface area contributed by atoms with Crippen molar-refractivity contribution < 1.29 is 9.13 Å². The molecule has 0 amide bonds. The van der Waals surface area contributed by atoms with E-state index in [0.717, 1.165) is 15.8 Å². The number of benzene rings is 1. The highest BCUT2D eigenvalue weighted by Gasteiger charge is 2.39. The van der Waals surface area contributed by atoms with E-state index in [1.807, 2.05) is 42.3 Å². The number of halogens is 3. The Morgan fingerprint density at radius 3 is 2.92 bits per heavy atom. The molecule has 1 heterocycles. The highest BCUT2D eigenvalue weighted by atomic mass is 79.9. The Morgan fingerprint density at radius 2 is 2.17 bits per heavy atom. The number of hydrogen-bond acceptors (Lipinski definition) is 2. The molecular formula is C19H18BrClFNO. The van der Waals surface area contributed by atoms with Crippen LogP contribution in [0.1, 0.15) is 18.4 Å². The van der Waals surface area contributed by atoms with Crippen LogP contribution in [-0.2, 0) is 0 Å². The summed E-state index contributed by atoms with van der Waals surface area (Å²) in [4.78, 5) is 1.98. The van der Waals surface area contributed by atoms with Crippen molar-refractivity contribution in [3.8, 4) is 5.75 Å². The maximum Gasteiger partial charge on any atom is 0.133 e. The van der Waals surface area contributed by atoms with Gasteiger partial charge in [0.1, 0.15) is 11.6 Å². The molecule has 2 atom stereocenters. The normalized spacial score (nSPS) is 25.8. The lowest BCUT2D eigenvalue weighted by atomic mass is 9.96. The standard InChI is InChI=1S/C19H18BrClFNO/c1-23-16-7-5-13(21)9-15(16)18(22)19(23)14-6-4-12(20)8-17(14)24-10-11-2-3-11/h4-9,11,15-16H,2-3,10H2,1H3. The van der Waals surface area contributed by atoms with E-state index in [9.17, 15) is 0 Å². The van der Waals surface area contributed by atoms with Crippen LogP contribution in [-0.4, -0.2) is 24.6 Å². The molecule has 1 aromatic rings. The first-order valence-electron chi connectivity index (χ1n) is 8.15. The van der Waals surface area contributed by atoms with Gasteiger partial charge in [-0.15, -0.1) is 0 Å². The Morgan fingerprint density at radius 1 is 1.38 bits per heavy atom. The number of rotatable bonds is 4. The number of fused-ring (bicyclic) bond motifs is 1. The second-order valence-corrected chi connectivity index (χ2v) is 7.98. The minimum Gasteiger partial charge on any atom is -0.493 e. The van der Waals surface area contributed by atoms with E-state index >= 15 is 4.39 Å². The predicted molar refractivity (Wildman–Crippen MR) is 98.5 cm³/mol. The van der Waals surface area contributed by atoms with Gasteiger partial charge in [0.05, 0.1) is 24.3 Å². The van der Waals surface area contributed by atoms with Crippen molar-refractivity contribution in [1.82, 2.24) is 4.90 Å². The minimum atomic E-state index is -0.331. The number of nitrogens with zero attached hydrogens (tertiary/aromatic N) is 1. The molecule has 0 saturated heterocycles. The number of allylic oxidation sites excluding steroid dienone is 2. The van der Waals surface area contributed by atoms with E-state index in [2.05, 4.69) is 15.9 Å². The summed E-state index contributed by atoms with van der Waals surface area (Å²) in [6.45, 7) is 0.695. The van der Waals surface area contributed by atoms with Gasteiger partial charge in [-0.2, -0.15) is 0 Å². The summed E-state index contributed by atoms with van der Waals surface area (Å²) in [6, 6.07) is 5.73. The summed E-state index contributed by atoms with van der Waals surface area (Å²) < 4.78 is 22.1. The average molecular weight is 411 g/mol. The molecule has 0 radical (unpaired) electrons. The fourth-order valence-corrected chi connectivity index (χ4v) is 3.87. The molecule has 3 aliphatic rings. The molecule has 0 spiro atoms. The lowest BCUT2D eigenvalue weighted by Gasteiger charge is -2.27. The first-order valence-corrected chi connectivity index (χ1v) is 9.32. The van der Waals surface area contributed by atoms with E-state index in [4.69, 9.17) is 16.3 Å². The fourth-order valence-electron chi connectivity index (χ4n) is 3.33. The maximum absolute atomic E-state index is 15.2. The molecule has 2 nitrogen and oxygen atoms in total. The minimum absolute atomic E-state index is 0.0394. The zero-order valence-electron chi connectivity index (χ0n) is 13.3. The summed E-state index contributed by atoms with van der Waals surface area (Å²) in [6.07, 6.45) is 8.02. The predicted octanol–water partition coefficient (Wildman–Crippen LogP) is 5.50. The third kappa shape index (κ3) is 2.91. The van der Waals surface area contributed by atoms with Crippen LogP contribution in [0.3, 0.4) is 0 Å². The van der Waals surface area contributed by atoms with Crippen LogP contribution in [0.25, 0.3) is 5.70 Å². The molecule has 1 aliphatic heterocycles. The highest BCUT2D eigenvalue weighted by molar-refractivity contribution is 9.10. The van der Waals surface area contributed by atoms with Crippen molar-refractivity contribution in [3.63, 3.8) is 0 Å². The Balaban J connectivity index is 1.73. The van der Waals surface area contributed by atoms with Gasteiger partial charge in [0, 0.05) is 22.1 Å². The van der Waals surface area contributed by atoms with Crippen LogP contribution >= 0.6 is 27.5 Å². The van der Waals surface area contributed by atoms with Gasteiger partial charge in [-0.05, 0) is 43.0 Å². The molecule has 0 N–H and O–H groups in total. The third-order valence-electron chi connectivity index (χ3n) is 4.85. The number of ether oxygens (including phenoxy) is 1. The number of hydrogen-bond donors (Lipinski definition) is 0. The van der Waals surface area contributed by atoms with Gasteiger partial charge in [0.2, 0.25) is 0 Å². The number of likely N-dealkylation sites (N-methyl/N-ethyl adjacent to an activating group) is 1. The molecule has 126 valence electrons. The Bertz CT molecular complexity index is 769. The van der Waals surface area contributed by atoms with E-state index in [1.54, 1.807) is 6.08 Å². The lowest BCUT2D eigenvalue weighted by molar-refractivity contribution is 0.297. The molecule has 2 unspecified atom stereocenters. The van der Waals surface area contributed by atoms with Crippen molar-refractivity contribution in [1.29, 1.82) is 0 Å². The van der Waals surface area contributed by atoms with E-state index in [1.165, 1.54) is 12.8 Å². The molecule has 1 fully saturated rings. The van der Waals surface area contributed by atoms with Gasteiger partial charge in [0.15, 0.2) is 0 Å². The van der Waals surface area contributed by atoms with Gasteiger partial charge in [-0.25, -0.2) is 4.39 Å².